The first-order valence-electron chi connectivity index (χ1n) is 9.48. The van der Waals surface area contributed by atoms with Crippen LogP contribution in [-0.4, -0.2) is 45.9 Å². The molecule has 3 rings (SSSR count). The van der Waals surface area contributed by atoms with E-state index in [2.05, 4.69) is 12.2 Å². The number of anilines is 1. The summed E-state index contributed by atoms with van der Waals surface area (Å²) in [5.41, 5.74) is 0.878. The summed E-state index contributed by atoms with van der Waals surface area (Å²) in [5.74, 6) is 1.22. The Balaban J connectivity index is 1.73. The quantitative estimate of drug-likeness (QED) is 0.777. The number of piperidine rings is 1. The number of ether oxygens (including phenoxy) is 2. The lowest BCUT2D eigenvalue weighted by atomic mass is 10.0. The van der Waals surface area contributed by atoms with Crippen molar-refractivity contribution in [1.29, 1.82) is 0 Å². The molecule has 0 radical (unpaired) electrons. The molecular weight excluding hydrogens is 392 g/mol. The Morgan fingerprint density at radius 1 is 1.00 bits per heavy atom. The van der Waals surface area contributed by atoms with E-state index in [-0.39, 0.29) is 10.8 Å². The summed E-state index contributed by atoms with van der Waals surface area (Å²) in [4.78, 5) is 12.8. The molecule has 1 N–H and O–H groups in total. The van der Waals surface area contributed by atoms with Crippen LogP contribution in [-0.2, 0) is 10.0 Å². The lowest BCUT2D eigenvalue weighted by molar-refractivity contribution is 0.102. The zero-order chi connectivity index (χ0) is 21.0. The van der Waals surface area contributed by atoms with Gasteiger partial charge in [-0.25, -0.2) is 8.42 Å². The van der Waals surface area contributed by atoms with Crippen molar-refractivity contribution in [3.63, 3.8) is 0 Å². The Morgan fingerprint density at radius 3 is 2.07 bits per heavy atom. The minimum absolute atomic E-state index is 0.230. The molecule has 1 heterocycles. The summed E-state index contributed by atoms with van der Waals surface area (Å²) >= 11 is 0. The van der Waals surface area contributed by atoms with Crippen LogP contribution >= 0.6 is 0 Å². The van der Waals surface area contributed by atoms with Crippen LogP contribution in [0.4, 0.5) is 5.69 Å². The van der Waals surface area contributed by atoms with Crippen LogP contribution in [0, 0.1) is 5.92 Å². The Bertz CT molecular complexity index is 943. The van der Waals surface area contributed by atoms with Crippen LogP contribution in [0.3, 0.4) is 0 Å². The summed E-state index contributed by atoms with van der Waals surface area (Å²) < 4.78 is 37.5. The molecule has 0 bridgehead atoms. The molecule has 0 saturated carbocycles. The molecule has 1 fully saturated rings. The Kier molecular flexibility index (Phi) is 6.44. The van der Waals surface area contributed by atoms with Gasteiger partial charge in [-0.3, -0.25) is 4.79 Å². The van der Waals surface area contributed by atoms with Gasteiger partial charge in [0.1, 0.15) is 11.5 Å². The number of amides is 1. The highest BCUT2D eigenvalue weighted by atomic mass is 32.2. The molecule has 0 atom stereocenters. The van der Waals surface area contributed by atoms with E-state index in [1.807, 2.05) is 0 Å². The molecule has 2 aromatic rings. The monoisotopic (exact) mass is 418 g/mol. The fourth-order valence-electron chi connectivity index (χ4n) is 3.23. The molecule has 1 amide bonds. The van der Waals surface area contributed by atoms with E-state index in [0.29, 0.717) is 41.8 Å². The number of rotatable bonds is 6. The third-order valence-electron chi connectivity index (χ3n) is 5.11. The highest BCUT2D eigenvalue weighted by molar-refractivity contribution is 7.89. The fourth-order valence-corrected chi connectivity index (χ4v) is 4.70. The lowest BCUT2D eigenvalue weighted by Gasteiger charge is -2.29. The zero-order valence-corrected chi connectivity index (χ0v) is 17.7. The smallest absolute Gasteiger partial charge is 0.255 e. The predicted molar refractivity (Wildman–Crippen MR) is 111 cm³/mol. The Hall–Kier alpha value is -2.58. The normalized spacial score (nSPS) is 15.7. The van der Waals surface area contributed by atoms with Gasteiger partial charge >= 0.3 is 0 Å². The second-order valence-corrected chi connectivity index (χ2v) is 9.10. The van der Waals surface area contributed by atoms with Crippen molar-refractivity contribution in [3.8, 4) is 11.5 Å². The largest absolute Gasteiger partial charge is 0.497 e. The van der Waals surface area contributed by atoms with E-state index in [1.165, 1.54) is 30.7 Å². The molecule has 7 nitrogen and oxygen atoms in total. The molecule has 8 heteroatoms. The van der Waals surface area contributed by atoms with Gasteiger partial charge in [-0.05, 0) is 55.2 Å². The first-order chi connectivity index (χ1) is 13.8. The number of nitrogens with zero attached hydrogens (tertiary/aromatic N) is 1. The Morgan fingerprint density at radius 2 is 1.55 bits per heavy atom. The molecule has 1 saturated heterocycles. The maximum atomic E-state index is 12.8. The molecule has 0 aliphatic carbocycles. The molecule has 1 aliphatic rings. The number of nitrogens with one attached hydrogen (secondary N) is 1. The SMILES string of the molecule is COc1cc(OC)cc(C(=O)Nc2ccc(S(=O)(=O)N3CCC(C)CC3)cc2)c1. The third kappa shape index (κ3) is 4.89. The van der Waals surface area contributed by atoms with E-state index in [0.717, 1.165) is 12.8 Å². The van der Waals surface area contributed by atoms with Crippen LogP contribution in [0.5, 0.6) is 11.5 Å². The van der Waals surface area contributed by atoms with Crippen LogP contribution in [0.25, 0.3) is 0 Å². The molecule has 0 unspecified atom stereocenters. The van der Waals surface area contributed by atoms with Gasteiger partial charge in [0, 0.05) is 30.4 Å². The number of sulfonamides is 1. The highest BCUT2D eigenvalue weighted by Gasteiger charge is 2.27. The van der Waals surface area contributed by atoms with E-state index in [9.17, 15) is 13.2 Å². The van der Waals surface area contributed by atoms with E-state index in [4.69, 9.17) is 9.47 Å². The van der Waals surface area contributed by atoms with Crippen LogP contribution in [0.1, 0.15) is 30.1 Å². The number of hydrogen-bond donors (Lipinski definition) is 1. The lowest BCUT2D eigenvalue weighted by Crippen LogP contribution is -2.37. The molecule has 156 valence electrons. The number of carbonyl (C=O) groups is 1. The predicted octanol–water partition coefficient (Wildman–Crippen LogP) is 3.38. The van der Waals surface area contributed by atoms with Gasteiger partial charge in [0.2, 0.25) is 10.0 Å². The second-order valence-electron chi connectivity index (χ2n) is 7.17. The first kappa shape index (κ1) is 21.1. The van der Waals surface area contributed by atoms with E-state index < -0.39 is 10.0 Å². The minimum atomic E-state index is -3.51. The molecule has 0 aromatic heterocycles. The van der Waals surface area contributed by atoms with Crippen molar-refractivity contribution in [2.45, 2.75) is 24.7 Å². The van der Waals surface area contributed by atoms with Gasteiger partial charge in [-0.1, -0.05) is 6.92 Å². The van der Waals surface area contributed by atoms with Crippen LogP contribution < -0.4 is 14.8 Å². The third-order valence-corrected chi connectivity index (χ3v) is 7.02. The molecule has 1 aliphatic heterocycles. The summed E-state index contributed by atoms with van der Waals surface area (Å²) in [6, 6.07) is 11.1. The summed E-state index contributed by atoms with van der Waals surface area (Å²) in [6.07, 6.45) is 1.74. The van der Waals surface area contributed by atoms with Crippen molar-refractivity contribution in [2.75, 3.05) is 32.6 Å². The van der Waals surface area contributed by atoms with E-state index in [1.54, 1.807) is 30.3 Å². The fraction of sp³-hybridized carbons (Fsp3) is 0.381. The minimum Gasteiger partial charge on any atom is -0.497 e. The van der Waals surface area contributed by atoms with Gasteiger partial charge in [0.05, 0.1) is 19.1 Å². The van der Waals surface area contributed by atoms with Gasteiger partial charge < -0.3 is 14.8 Å². The summed E-state index contributed by atoms with van der Waals surface area (Å²) in [6.45, 7) is 3.22. The van der Waals surface area contributed by atoms with Gasteiger partial charge in [0.25, 0.3) is 5.91 Å². The van der Waals surface area contributed by atoms with E-state index >= 15 is 0 Å². The average molecular weight is 419 g/mol. The number of methoxy groups -OCH3 is 2. The topological polar surface area (TPSA) is 84.9 Å². The first-order valence-corrected chi connectivity index (χ1v) is 10.9. The second kappa shape index (κ2) is 8.84. The molecule has 0 spiro atoms. The number of hydrogen-bond acceptors (Lipinski definition) is 5. The maximum Gasteiger partial charge on any atom is 0.255 e. The van der Waals surface area contributed by atoms with Crippen LogP contribution in [0.2, 0.25) is 0 Å². The van der Waals surface area contributed by atoms with Crippen LogP contribution in [0.15, 0.2) is 47.4 Å². The summed E-state index contributed by atoms with van der Waals surface area (Å²) in [7, 11) is -0.488. The highest BCUT2D eigenvalue weighted by Crippen LogP contribution is 2.26. The van der Waals surface area contributed by atoms with Crippen molar-refractivity contribution in [2.24, 2.45) is 5.92 Å². The number of carbonyl (C=O) groups excluding carboxylic acids is 1. The van der Waals surface area contributed by atoms with Crippen molar-refractivity contribution in [3.05, 3.63) is 48.0 Å². The molecule has 29 heavy (non-hydrogen) atoms. The van der Waals surface area contributed by atoms with Crippen molar-refractivity contribution < 1.29 is 22.7 Å². The summed E-state index contributed by atoms with van der Waals surface area (Å²) in [5, 5.41) is 2.77. The standard InChI is InChI=1S/C21H26N2O5S/c1-15-8-10-23(11-9-15)29(25,26)20-6-4-17(5-7-20)22-21(24)16-12-18(27-2)14-19(13-16)28-3/h4-7,12-15H,8-11H2,1-3H3,(H,22,24). The van der Waals surface area contributed by atoms with Crippen molar-refractivity contribution >= 4 is 21.6 Å². The van der Waals surface area contributed by atoms with Gasteiger partial charge in [-0.2, -0.15) is 4.31 Å². The Labute approximate surface area is 171 Å². The average Bonchev–Trinajstić information content (AvgIpc) is 2.74. The van der Waals surface area contributed by atoms with Gasteiger partial charge in [0.15, 0.2) is 0 Å². The van der Waals surface area contributed by atoms with Gasteiger partial charge in [-0.15, -0.1) is 0 Å². The van der Waals surface area contributed by atoms with Crippen molar-refractivity contribution in [1.82, 2.24) is 4.31 Å². The zero-order valence-electron chi connectivity index (χ0n) is 16.8. The number of benzene rings is 2. The maximum absolute atomic E-state index is 12.8. The molecule has 2 aromatic carbocycles. The molecular formula is C21H26N2O5S.